The average Bonchev–Trinajstić information content (AvgIpc) is 3.38. The number of furan rings is 1. The van der Waals surface area contributed by atoms with Crippen molar-refractivity contribution in [1.82, 2.24) is 0 Å². The summed E-state index contributed by atoms with van der Waals surface area (Å²) < 4.78 is 17.6. The van der Waals surface area contributed by atoms with Gasteiger partial charge in [0.15, 0.2) is 14.1 Å². The molecule has 0 amide bonds. The summed E-state index contributed by atoms with van der Waals surface area (Å²) >= 11 is 0. The number of rotatable bonds is 11. The molecule has 0 N–H and O–H groups in total. The molecule has 0 radical (unpaired) electrons. The van der Waals surface area contributed by atoms with Crippen LogP contribution < -0.4 is 0 Å². The van der Waals surface area contributed by atoms with E-state index in [0.717, 1.165) is 29.3 Å². The minimum Gasteiger partial charge on any atom is -0.472 e. The zero-order valence-corrected chi connectivity index (χ0v) is 21.4. The monoisotopic (exact) mass is 448 g/mol. The third-order valence-electron chi connectivity index (χ3n) is 6.86. The summed E-state index contributed by atoms with van der Waals surface area (Å²) in [6.07, 6.45) is 4.88. The lowest BCUT2D eigenvalue weighted by atomic mass is 9.73. The van der Waals surface area contributed by atoms with Crippen molar-refractivity contribution >= 4 is 20.1 Å². The third kappa shape index (κ3) is 5.98. The molecule has 1 aliphatic rings. The molecule has 0 unspecified atom stereocenters. The van der Waals surface area contributed by atoms with Crippen LogP contribution in [0.1, 0.15) is 79.2 Å². The molecule has 1 aromatic rings. The zero-order valence-electron chi connectivity index (χ0n) is 20.4. The highest BCUT2D eigenvalue weighted by atomic mass is 28.4. The summed E-state index contributed by atoms with van der Waals surface area (Å²) in [5.41, 5.74) is 2.17. The number of carbonyl (C=O) groups excluding carboxylic acids is 2. The van der Waals surface area contributed by atoms with Gasteiger partial charge in [-0.25, -0.2) is 4.79 Å². The number of carbonyl (C=O) groups is 2. The van der Waals surface area contributed by atoms with Crippen molar-refractivity contribution in [3.8, 4) is 0 Å². The lowest BCUT2D eigenvalue weighted by Gasteiger charge is -2.39. The first kappa shape index (κ1) is 25.6. The van der Waals surface area contributed by atoms with Crippen LogP contribution in [-0.4, -0.2) is 32.8 Å². The fraction of sp³-hybridized carbons (Fsp3) is 0.680. The molecule has 1 heterocycles. The van der Waals surface area contributed by atoms with E-state index in [4.69, 9.17) is 13.6 Å². The molecule has 0 bridgehead atoms. The minimum atomic E-state index is -1.98. The second kappa shape index (κ2) is 10.8. The summed E-state index contributed by atoms with van der Waals surface area (Å²) in [6.45, 7) is 15.3. The molecule has 0 aliphatic heterocycles. The number of ether oxygens (including phenoxy) is 1. The van der Waals surface area contributed by atoms with Crippen LogP contribution in [0.15, 0.2) is 34.2 Å². The van der Waals surface area contributed by atoms with Gasteiger partial charge in [-0.2, -0.15) is 0 Å². The van der Waals surface area contributed by atoms with Gasteiger partial charge in [-0.05, 0) is 66.4 Å². The number of ketones is 1. The van der Waals surface area contributed by atoms with Crippen LogP contribution >= 0.6 is 0 Å². The Morgan fingerprint density at radius 2 is 1.77 bits per heavy atom. The SMILES string of the molecule is CCOC(=O)C1=C([C@H](C[C@H](c2ccoc2)C(C)(C)C)O[Si](CC)(CC)CC)CCC1=O. The van der Waals surface area contributed by atoms with Gasteiger partial charge in [0.1, 0.15) is 5.57 Å². The maximum absolute atomic E-state index is 12.7. The van der Waals surface area contributed by atoms with Crippen LogP contribution in [0.5, 0.6) is 0 Å². The fourth-order valence-corrected chi connectivity index (χ4v) is 7.53. The normalized spacial score (nSPS) is 17.2. The first-order chi connectivity index (χ1) is 14.6. The predicted molar refractivity (Wildman–Crippen MR) is 125 cm³/mol. The smallest absolute Gasteiger partial charge is 0.341 e. The summed E-state index contributed by atoms with van der Waals surface area (Å²) in [5.74, 6) is -0.449. The van der Waals surface area contributed by atoms with E-state index in [-0.39, 0.29) is 35.4 Å². The average molecular weight is 449 g/mol. The lowest BCUT2D eigenvalue weighted by molar-refractivity contribution is -0.139. The second-order valence-corrected chi connectivity index (χ2v) is 14.3. The largest absolute Gasteiger partial charge is 0.472 e. The summed E-state index contributed by atoms with van der Waals surface area (Å²) in [6, 6.07) is 5.05. The molecule has 1 aromatic heterocycles. The Hall–Kier alpha value is -1.66. The molecule has 6 heteroatoms. The molecule has 0 saturated heterocycles. The number of esters is 1. The van der Waals surface area contributed by atoms with Crippen molar-refractivity contribution in [1.29, 1.82) is 0 Å². The number of Topliss-reactive ketones (excluding diaryl/α,β-unsaturated/α-hetero) is 1. The summed E-state index contributed by atoms with van der Waals surface area (Å²) in [5, 5.41) is 0. The number of hydrogen-bond acceptors (Lipinski definition) is 5. The molecule has 0 fully saturated rings. The molecule has 0 spiro atoms. The van der Waals surface area contributed by atoms with Crippen molar-refractivity contribution in [2.24, 2.45) is 5.41 Å². The van der Waals surface area contributed by atoms with Crippen LogP contribution in [0.4, 0.5) is 0 Å². The molecule has 174 valence electrons. The van der Waals surface area contributed by atoms with Crippen molar-refractivity contribution in [3.05, 3.63) is 35.3 Å². The standard InChI is InChI=1S/C25H40O5Si/c1-8-29-24(27)23-19(12-13-21(23)26)22(30-31(9-2,10-3)11-4)16-20(25(5,6)7)18-14-15-28-17-18/h14-15,17,20,22H,8-13,16H2,1-7H3/t20-,22+/m1/s1. The van der Waals surface area contributed by atoms with Crippen molar-refractivity contribution in [2.75, 3.05) is 6.61 Å². The van der Waals surface area contributed by atoms with E-state index in [1.807, 2.05) is 6.07 Å². The van der Waals surface area contributed by atoms with Crippen molar-refractivity contribution in [3.63, 3.8) is 0 Å². The molecule has 5 nitrogen and oxygen atoms in total. The van der Waals surface area contributed by atoms with Crippen LogP contribution in [0.3, 0.4) is 0 Å². The van der Waals surface area contributed by atoms with Gasteiger partial charge in [0.2, 0.25) is 0 Å². The van der Waals surface area contributed by atoms with Gasteiger partial charge in [0, 0.05) is 6.42 Å². The van der Waals surface area contributed by atoms with Crippen molar-refractivity contribution < 1.29 is 23.2 Å². The first-order valence-corrected chi connectivity index (χ1v) is 14.3. The Labute approximate surface area is 188 Å². The molecular weight excluding hydrogens is 408 g/mol. The van der Waals surface area contributed by atoms with Gasteiger partial charge in [0.25, 0.3) is 0 Å². The zero-order chi connectivity index (χ0) is 23.2. The van der Waals surface area contributed by atoms with E-state index < -0.39 is 14.3 Å². The van der Waals surface area contributed by atoms with E-state index in [0.29, 0.717) is 19.3 Å². The number of hydrogen-bond donors (Lipinski definition) is 0. The molecule has 1 aliphatic carbocycles. The van der Waals surface area contributed by atoms with E-state index in [1.165, 1.54) is 0 Å². The van der Waals surface area contributed by atoms with Gasteiger partial charge in [0.05, 0.1) is 25.2 Å². The van der Waals surface area contributed by atoms with Crippen LogP contribution in [0.25, 0.3) is 0 Å². The van der Waals surface area contributed by atoms with Gasteiger partial charge < -0.3 is 13.6 Å². The lowest BCUT2D eigenvalue weighted by Crippen LogP contribution is -2.42. The van der Waals surface area contributed by atoms with E-state index in [2.05, 4.69) is 41.5 Å². The quantitative estimate of drug-likeness (QED) is 0.222. The third-order valence-corrected chi connectivity index (χ3v) is 11.5. The second-order valence-electron chi connectivity index (χ2n) is 9.61. The van der Waals surface area contributed by atoms with E-state index in [9.17, 15) is 9.59 Å². The molecular formula is C25H40O5Si. The maximum Gasteiger partial charge on any atom is 0.341 e. The Kier molecular flexibility index (Phi) is 8.89. The molecule has 0 saturated carbocycles. The van der Waals surface area contributed by atoms with Crippen molar-refractivity contribution in [2.45, 2.75) is 97.9 Å². The summed E-state index contributed by atoms with van der Waals surface area (Å²) in [4.78, 5) is 25.4. The van der Waals surface area contributed by atoms with Crippen LogP contribution in [-0.2, 0) is 18.8 Å². The van der Waals surface area contributed by atoms with Gasteiger partial charge in [-0.1, -0.05) is 41.5 Å². The molecule has 31 heavy (non-hydrogen) atoms. The highest BCUT2D eigenvalue weighted by Gasteiger charge is 2.41. The molecule has 2 rings (SSSR count). The Morgan fingerprint density at radius 1 is 1.13 bits per heavy atom. The molecule has 0 aromatic carbocycles. The topological polar surface area (TPSA) is 65.7 Å². The van der Waals surface area contributed by atoms with E-state index >= 15 is 0 Å². The van der Waals surface area contributed by atoms with E-state index in [1.54, 1.807) is 19.5 Å². The Morgan fingerprint density at radius 3 is 2.26 bits per heavy atom. The fourth-order valence-electron chi connectivity index (χ4n) is 4.69. The van der Waals surface area contributed by atoms with Gasteiger partial charge >= 0.3 is 5.97 Å². The molecule has 2 atom stereocenters. The highest BCUT2D eigenvalue weighted by Crippen LogP contribution is 2.43. The highest BCUT2D eigenvalue weighted by molar-refractivity contribution is 6.73. The maximum atomic E-state index is 12.7. The Balaban J connectivity index is 2.55. The Bertz CT molecular complexity index is 760. The first-order valence-electron chi connectivity index (χ1n) is 11.8. The van der Waals surface area contributed by atoms with Crippen LogP contribution in [0.2, 0.25) is 18.1 Å². The van der Waals surface area contributed by atoms with Crippen LogP contribution in [0, 0.1) is 5.41 Å². The summed E-state index contributed by atoms with van der Waals surface area (Å²) in [7, 11) is -1.98. The van der Waals surface area contributed by atoms with Gasteiger partial charge in [-0.3, -0.25) is 4.79 Å². The van der Waals surface area contributed by atoms with Gasteiger partial charge in [-0.15, -0.1) is 0 Å². The predicted octanol–water partition coefficient (Wildman–Crippen LogP) is 6.41. The minimum absolute atomic E-state index is 0.0341.